The van der Waals surface area contributed by atoms with Gasteiger partial charge in [0.15, 0.2) is 0 Å². The number of amides is 3. The van der Waals surface area contributed by atoms with Crippen LogP contribution in [0, 0.1) is 0 Å². The number of carbonyl (C=O) groups is 2. The number of hydrogen-bond acceptors (Lipinski definition) is 4. The van der Waals surface area contributed by atoms with Crippen molar-refractivity contribution in [1.82, 2.24) is 25.5 Å². The fourth-order valence-electron chi connectivity index (χ4n) is 3.99. The molecule has 2 fully saturated rings. The predicted molar refractivity (Wildman–Crippen MR) is 114 cm³/mol. The summed E-state index contributed by atoms with van der Waals surface area (Å²) in [5.74, 6) is 1.08. The molecule has 2 aromatic rings. The van der Waals surface area contributed by atoms with Gasteiger partial charge < -0.3 is 20.5 Å². The molecule has 0 radical (unpaired) electrons. The number of hydrogen-bond donors (Lipinski definition) is 3. The first-order valence-electron chi connectivity index (χ1n) is 10.2. The maximum absolute atomic E-state index is 12.2. The fourth-order valence-corrected chi connectivity index (χ4v) is 5.54. The zero-order valence-corrected chi connectivity index (χ0v) is 17.2. The minimum absolute atomic E-state index is 0.0428. The van der Waals surface area contributed by atoms with Crippen LogP contribution in [-0.2, 0) is 17.9 Å². The molecule has 8 heteroatoms. The number of nitrogens with one attached hydrogen (secondary N) is 3. The lowest BCUT2D eigenvalue weighted by Gasteiger charge is -2.16. The number of nitrogens with zero attached hydrogens (tertiary/aromatic N) is 2. The number of unbranched alkanes of at least 4 members (excludes halogenated alkanes) is 1. The van der Waals surface area contributed by atoms with Crippen LogP contribution in [-0.4, -0.2) is 44.6 Å². The Kier molecular flexibility index (Phi) is 6.39. The van der Waals surface area contributed by atoms with Gasteiger partial charge in [-0.15, -0.1) is 0 Å². The maximum atomic E-state index is 12.2. The highest BCUT2D eigenvalue weighted by Crippen LogP contribution is 2.33. The second kappa shape index (κ2) is 9.35. The zero-order valence-electron chi connectivity index (χ0n) is 16.3. The van der Waals surface area contributed by atoms with E-state index >= 15 is 0 Å². The molecule has 3 amide bonds. The topological polar surface area (TPSA) is 88.0 Å². The highest BCUT2D eigenvalue weighted by molar-refractivity contribution is 8.00. The van der Waals surface area contributed by atoms with Crippen molar-refractivity contribution in [3.63, 3.8) is 0 Å². The molecule has 2 aliphatic rings. The molecule has 0 unspecified atom stereocenters. The Hall–Kier alpha value is -2.48. The van der Waals surface area contributed by atoms with Gasteiger partial charge >= 0.3 is 6.03 Å². The van der Waals surface area contributed by atoms with E-state index in [1.807, 2.05) is 34.7 Å². The van der Waals surface area contributed by atoms with Crippen LogP contribution >= 0.6 is 11.8 Å². The lowest BCUT2D eigenvalue weighted by molar-refractivity contribution is -0.121. The van der Waals surface area contributed by atoms with Crippen LogP contribution in [0.2, 0.25) is 0 Å². The molecule has 0 aliphatic carbocycles. The van der Waals surface area contributed by atoms with E-state index in [-0.39, 0.29) is 24.0 Å². The van der Waals surface area contributed by atoms with E-state index in [4.69, 9.17) is 0 Å². The second-order valence-corrected chi connectivity index (χ2v) is 8.97. The quantitative estimate of drug-likeness (QED) is 0.435. The predicted octanol–water partition coefficient (Wildman–Crippen LogP) is 2.27. The Bertz CT molecular complexity index is 841. The van der Waals surface area contributed by atoms with Crippen molar-refractivity contribution >= 4 is 23.7 Å². The summed E-state index contributed by atoms with van der Waals surface area (Å²) >= 11 is 1.92. The highest BCUT2D eigenvalue weighted by Gasteiger charge is 2.42. The fraction of sp³-hybridized carbons (Fsp3) is 0.476. The summed E-state index contributed by atoms with van der Waals surface area (Å²) in [7, 11) is 0. The molecule has 3 atom stereocenters. The molecular weight excluding hydrogens is 386 g/mol. The summed E-state index contributed by atoms with van der Waals surface area (Å²) in [6.07, 6.45) is 8.98. The first-order chi connectivity index (χ1) is 14.2. The normalized spacial score (nSPS) is 22.8. The lowest BCUT2D eigenvalue weighted by atomic mass is 10.0. The Morgan fingerprint density at radius 1 is 1.28 bits per heavy atom. The van der Waals surface area contributed by atoms with Crippen LogP contribution in [0.3, 0.4) is 0 Å². The molecule has 0 saturated carbocycles. The molecule has 1 aromatic heterocycles. The number of urea groups is 1. The van der Waals surface area contributed by atoms with Gasteiger partial charge in [0.05, 0.1) is 18.4 Å². The van der Waals surface area contributed by atoms with Crippen molar-refractivity contribution in [2.24, 2.45) is 0 Å². The Labute approximate surface area is 175 Å². The summed E-state index contributed by atoms with van der Waals surface area (Å²) in [5.41, 5.74) is 2.30. The Morgan fingerprint density at radius 2 is 2.17 bits per heavy atom. The second-order valence-electron chi connectivity index (χ2n) is 7.70. The number of benzene rings is 1. The molecule has 3 heterocycles. The van der Waals surface area contributed by atoms with Crippen LogP contribution in [0.1, 0.15) is 36.8 Å². The van der Waals surface area contributed by atoms with Gasteiger partial charge in [0.2, 0.25) is 5.91 Å². The summed E-state index contributed by atoms with van der Waals surface area (Å²) in [4.78, 5) is 27.7. The van der Waals surface area contributed by atoms with Crippen LogP contribution in [0.15, 0.2) is 43.0 Å². The summed E-state index contributed by atoms with van der Waals surface area (Å²) in [6.45, 7) is 1.33. The minimum atomic E-state index is -0.0428. The molecule has 3 N–H and O–H groups in total. The van der Waals surface area contributed by atoms with E-state index in [2.05, 4.69) is 33.1 Å². The summed E-state index contributed by atoms with van der Waals surface area (Å²) in [6, 6.07) is 8.74. The van der Waals surface area contributed by atoms with Crippen molar-refractivity contribution in [1.29, 1.82) is 0 Å². The van der Waals surface area contributed by atoms with Crippen LogP contribution in [0.25, 0.3) is 0 Å². The Balaban J connectivity index is 1.14. The molecule has 4 rings (SSSR count). The third-order valence-electron chi connectivity index (χ3n) is 5.49. The van der Waals surface area contributed by atoms with E-state index in [9.17, 15) is 9.59 Å². The summed E-state index contributed by atoms with van der Waals surface area (Å²) in [5, 5.41) is 9.46. The average molecular weight is 414 g/mol. The number of fused-ring (bicyclic) bond motifs is 1. The van der Waals surface area contributed by atoms with Gasteiger partial charge in [-0.3, -0.25) is 4.79 Å². The van der Waals surface area contributed by atoms with E-state index in [1.54, 1.807) is 12.5 Å². The smallest absolute Gasteiger partial charge is 0.315 e. The van der Waals surface area contributed by atoms with Gasteiger partial charge in [0.1, 0.15) is 0 Å². The van der Waals surface area contributed by atoms with Gasteiger partial charge in [-0.05, 0) is 24.0 Å². The molecule has 154 valence electrons. The highest BCUT2D eigenvalue weighted by atomic mass is 32.2. The van der Waals surface area contributed by atoms with Crippen molar-refractivity contribution in [2.45, 2.75) is 56.1 Å². The van der Waals surface area contributed by atoms with E-state index in [0.717, 1.165) is 37.1 Å². The van der Waals surface area contributed by atoms with E-state index < -0.39 is 0 Å². The first-order valence-corrected chi connectivity index (χ1v) is 11.2. The van der Waals surface area contributed by atoms with E-state index in [1.165, 1.54) is 5.56 Å². The largest absolute Gasteiger partial charge is 0.352 e. The zero-order chi connectivity index (χ0) is 20.1. The van der Waals surface area contributed by atoms with Crippen LogP contribution < -0.4 is 16.0 Å². The van der Waals surface area contributed by atoms with Crippen LogP contribution in [0.4, 0.5) is 4.79 Å². The summed E-state index contributed by atoms with van der Waals surface area (Å²) < 4.78 is 2.02. The van der Waals surface area contributed by atoms with Gasteiger partial charge in [-0.25, -0.2) is 9.78 Å². The Morgan fingerprint density at radius 3 is 3.03 bits per heavy atom. The number of thioether (sulfide) groups is 1. The van der Waals surface area contributed by atoms with E-state index in [0.29, 0.717) is 18.2 Å². The SMILES string of the molecule is O=C(CCCC[C@@H]1SC[C@@H]2NC(=O)N[C@@H]21)NCc1cccc(Cn2ccnc2)c1. The minimum Gasteiger partial charge on any atom is -0.352 e. The molecule has 0 spiro atoms. The van der Waals surface area contributed by atoms with Gasteiger partial charge in [0.25, 0.3) is 0 Å². The lowest BCUT2D eigenvalue weighted by Crippen LogP contribution is -2.36. The van der Waals surface area contributed by atoms with Crippen molar-refractivity contribution in [2.75, 3.05) is 5.75 Å². The monoisotopic (exact) mass is 413 g/mol. The number of imidazole rings is 1. The number of aromatic nitrogens is 2. The third-order valence-corrected chi connectivity index (χ3v) is 6.99. The molecule has 1 aromatic carbocycles. The average Bonchev–Trinajstić information content (AvgIpc) is 3.43. The van der Waals surface area contributed by atoms with Crippen molar-refractivity contribution < 1.29 is 9.59 Å². The molecular formula is C21H27N5O2S. The van der Waals surface area contributed by atoms with Crippen molar-refractivity contribution in [3.05, 3.63) is 54.1 Å². The molecule has 7 nitrogen and oxygen atoms in total. The molecule has 2 aliphatic heterocycles. The third kappa shape index (κ3) is 5.32. The van der Waals surface area contributed by atoms with Gasteiger partial charge in [-0.1, -0.05) is 30.7 Å². The first kappa shape index (κ1) is 19.8. The van der Waals surface area contributed by atoms with Gasteiger partial charge in [0, 0.05) is 42.9 Å². The molecule has 2 saturated heterocycles. The van der Waals surface area contributed by atoms with Crippen LogP contribution in [0.5, 0.6) is 0 Å². The molecule has 29 heavy (non-hydrogen) atoms. The maximum Gasteiger partial charge on any atom is 0.315 e. The standard InChI is InChI=1S/C21H27N5O2S/c27-19(7-2-1-6-18-20-17(13-29-18)24-21(28)25-20)23-11-15-4-3-5-16(10-15)12-26-9-8-22-14-26/h3-5,8-10,14,17-18,20H,1-2,6-7,11-13H2,(H,23,27)(H2,24,25,28)/t17-,18-,20-/m0/s1. The number of rotatable bonds is 9. The van der Waals surface area contributed by atoms with Crippen molar-refractivity contribution in [3.8, 4) is 0 Å². The van der Waals surface area contributed by atoms with Gasteiger partial charge in [-0.2, -0.15) is 11.8 Å². The molecule has 0 bridgehead atoms. The number of carbonyl (C=O) groups excluding carboxylic acids is 2.